The molecule has 0 atom stereocenters. The fraction of sp³-hybridized carbons (Fsp3) is 0.143. The number of aromatic amines is 1. The number of thiophene rings is 1. The zero-order valence-corrected chi connectivity index (χ0v) is 16.2. The number of nitrogens with zero attached hydrogens (tertiary/aromatic N) is 1. The molecular formula is C21H16F2N2O2S. The molecule has 7 heteroatoms. The van der Waals surface area contributed by atoms with Crippen LogP contribution >= 0.6 is 11.3 Å². The Morgan fingerprint density at radius 3 is 2.43 bits per heavy atom. The van der Waals surface area contributed by atoms with Crippen LogP contribution in [0.1, 0.15) is 10.4 Å². The van der Waals surface area contributed by atoms with E-state index in [1.807, 2.05) is 32.0 Å². The Hall–Kier alpha value is -3.06. The average Bonchev–Trinajstić information content (AvgIpc) is 2.98. The van der Waals surface area contributed by atoms with E-state index in [0.29, 0.717) is 10.2 Å². The van der Waals surface area contributed by atoms with E-state index in [0.717, 1.165) is 39.4 Å². The molecule has 0 bridgehead atoms. The van der Waals surface area contributed by atoms with Crippen molar-refractivity contribution in [1.82, 2.24) is 9.97 Å². The Bertz CT molecular complexity index is 1260. The number of halogens is 2. The van der Waals surface area contributed by atoms with Crippen LogP contribution in [0, 0.1) is 25.5 Å². The first-order valence-electron chi connectivity index (χ1n) is 8.53. The highest BCUT2D eigenvalue weighted by molar-refractivity contribution is 7.19. The minimum Gasteiger partial charge on any atom is -0.496 e. The zero-order chi connectivity index (χ0) is 20.0. The number of hydrogen-bond donors (Lipinski definition) is 1. The van der Waals surface area contributed by atoms with Gasteiger partial charge in [0.1, 0.15) is 28.0 Å². The molecule has 2 aromatic heterocycles. The summed E-state index contributed by atoms with van der Waals surface area (Å²) in [5.74, 6) is -0.916. The summed E-state index contributed by atoms with van der Waals surface area (Å²) in [4.78, 5) is 21.1. The first kappa shape index (κ1) is 18.3. The summed E-state index contributed by atoms with van der Waals surface area (Å²) >= 11 is 1.32. The molecule has 4 nitrogen and oxygen atoms in total. The first-order chi connectivity index (χ1) is 13.4. The number of aryl methyl sites for hydroxylation is 2. The molecule has 2 aromatic carbocycles. The van der Waals surface area contributed by atoms with Gasteiger partial charge in [-0.1, -0.05) is 12.1 Å². The minimum atomic E-state index is -0.776. The quantitative estimate of drug-likeness (QED) is 0.515. The maximum Gasteiger partial charge on any atom is 0.260 e. The Morgan fingerprint density at radius 1 is 1.07 bits per heavy atom. The van der Waals surface area contributed by atoms with Crippen LogP contribution in [0.25, 0.3) is 32.7 Å². The summed E-state index contributed by atoms with van der Waals surface area (Å²) in [5, 5.41) is 0.410. The molecule has 0 aliphatic heterocycles. The highest BCUT2D eigenvalue weighted by Gasteiger charge is 2.20. The van der Waals surface area contributed by atoms with Crippen molar-refractivity contribution in [3.63, 3.8) is 0 Å². The van der Waals surface area contributed by atoms with E-state index in [1.165, 1.54) is 17.4 Å². The van der Waals surface area contributed by atoms with Gasteiger partial charge in [0.25, 0.3) is 5.56 Å². The number of hydrogen-bond acceptors (Lipinski definition) is 4. The van der Waals surface area contributed by atoms with Crippen molar-refractivity contribution in [1.29, 1.82) is 0 Å². The van der Waals surface area contributed by atoms with Gasteiger partial charge in [0.15, 0.2) is 0 Å². The van der Waals surface area contributed by atoms with Crippen molar-refractivity contribution in [2.24, 2.45) is 0 Å². The molecule has 0 saturated carbocycles. The van der Waals surface area contributed by atoms with E-state index in [2.05, 4.69) is 9.97 Å². The number of nitrogens with one attached hydrogen (secondary N) is 1. The molecule has 0 spiro atoms. The van der Waals surface area contributed by atoms with Gasteiger partial charge in [-0.2, -0.15) is 0 Å². The second-order valence-electron chi connectivity index (χ2n) is 6.41. The fourth-order valence-electron chi connectivity index (χ4n) is 3.34. The average molecular weight is 398 g/mol. The lowest BCUT2D eigenvalue weighted by Crippen LogP contribution is -2.10. The normalized spacial score (nSPS) is 11.2. The van der Waals surface area contributed by atoms with Crippen molar-refractivity contribution < 1.29 is 13.5 Å². The molecule has 0 radical (unpaired) electrons. The minimum absolute atomic E-state index is 0.119. The zero-order valence-electron chi connectivity index (χ0n) is 15.4. The van der Waals surface area contributed by atoms with Gasteiger partial charge in [0.2, 0.25) is 0 Å². The van der Waals surface area contributed by atoms with Crippen molar-refractivity contribution in [3.05, 3.63) is 68.8 Å². The van der Waals surface area contributed by atoms with Gasteiger partial charge in [0, 0.05) is 10.4 Å². The number of rotatable bonds is 3. The third kappa shape index (κ3) is 2.88. The predicted molar refractivity (Wildman–Crippen MR) is 107 cm³/mol. The summed E-state index contributed by atoms with van der Waals surface area (Å²) in [6.07, 6.45) is 0. The lowest BCUT2D eigenvalue weighted by Gasteiger charge is -2.08. The van der Waals surface area contributed by atoms with E-state index < -0.39 is 17.2 Å². The SMILES string of the molecule is COc1ccc(-c2c(C)sc3nc(-c4c(F)cccc4F)[nH]c(=O)c23)cc1C. The largest absolute Gasteiger partial charge is 0.496 e. The van der Waals surface area contributed by atoms with Crippen molar-refractivity contribution in [3.8, 4) is 28.3 Å². The van der Waals surface area contributed by atoms with Gasteiger partial charge in [-0.25, -0.2) is 13.8 Å². The number of fused-ring (bicyclic) bond motifs is 1. The fourth-order valence-corrected chi connectivity index (χ4v) is 4.39. The monoisotopic (exact) mass is 398 g/mol. The molecule has 4 rings (SSSR count). The molecule has 0 unspecified atom stereocenters. The lowest BCUT2D eigenvalue weighted by molar-refractivity contribution is 0.412. The Morgan fingerprint density at radius 2 is 1.79 bits per heavy atom. The Labute approximate surface area is 163 Å². The van der Waals surface area contributed by atoms with Crippen LogP contribution in [-0.4, -0.2) is 17.1 Å². The van der Waals surface area contributed by atoms with Crippen LogP contribution in [-0.2, 0) is 0 Å². The Balaban J connectivity index is 1.96. The molecule has 2 heterocycles. The van der Waals surface area contributed by atoms with Crippen molar-refractivity contribution in [2.45, 2.75) is 13.8 Å². The van der Waals surface area contributed by atoms with E-state index in [-0.39, 0.29) is 11.4 Å². The smallest absolute Gasteiger partial charge is 0.260 e. The van der Waals surface area contributed by atoms with Crippen LogP contribution in [0.2, 0.25) is 0 Å². The van der Waals surface area contributed by atoms with Crippen molar-refractivity contribution >= 4 is 21.6 Å². The van der Waals surface area contributed by atoms with Gasteiger partial charge < -0.3 is 9.72 Å². The van der Waals surface area contributed by atoms with Crippen molar-refractivity contribution in [2.75, 3.05) is 7.11 Å². The maximum absolute atomic E-state index is 14.1. The number of aromatic nitrogens is 2. The number of ether oxygens (including phenoxy) is 1. The second kappa shape index (κ2) is 6.83. The highest BCUT2D eigenvalue weighted by atomic mass is 32.1. The molecule has 0 aliphatic carbocycles. The third-order valence-corrected chi connectivity index (χ3v) is 5.62. The van der Waals surface area contributed by atoms with Crippen LogP contribution in [0.15, 0.2) is 41.2 Å². The van der Waals surface area contributed by atoms with Gasteiger partial charge in [0.05, 0.1) is 18.1 Å². The third-order valence-electron chi connectivity index (χ3n) is 4.62. The molecule has 142 valence electrons. The van der Waals surface area contributed by atoms with E-state index in [4.69, 9.17) is 4.74 Å². The van der Waals surface area contributed by atoms with Gasteiger partial charge in [-0.3, -0.25) is 4.79 Å². The van der Waals surface area contributed by atoms with E-state index in [9.17, 15) is 13.6 Å². The molecule has 28 heavy (non-hydrogen) atoms. The summed E-state index contributed by atoms with van der Waals surface area (Å²) in [5.41, 5.74) is 1.79. The summed E-state index contributed by atoms with van der Waals surface area (Å²) in [6.45, 7) is 3.82. The predicted octanol–water partition coefficient (Wildman–Crippen LogP) is 5.22. The topological polar surface area (TPSA) is 55.0 Å². The number of H-pyrrole nitrogens is 1. The first-order valence-corrected chi connectivity index (χ1v) is 9.35. The molecule has 1 N–H and O–H groups in total. The summed E-state index contributed by atoms with van der Waals surface area (Å²) in [7, 11) is 1.60. The van der Waals surface area contributed by atoms with Gasteiger partial charge in [-0.15, -0.1) is 11.3 Å². The molecule has 0 amide bonds. The van der Waals surface area contributed by atoms with E-state index >= 15 is 0 Å². The maximum atomic E-state index is 14.1. The molecule has 4 aromatic rings. The van der Waals surface area contributed by atoms with Crippen LogP contribution in [0.5, 0.6) is 5.75 Å². The van der Waals surface area contributed by atoms with Crippen LogP contribution in [0.4, 0.5) is 8.78 Å². The second-order valence-corrected chi connectivity index (χ2v) is 7.61. The van der Waals surface area contributed by atoms with Crippen LogP contribution < -0.4 is 10.3 Å². The molecular weight excluding hydrogens is 382 g/mol. The summed E-state index contributed by atoms with van der Waals surface area (Å²) in [6, 6.07) is 9.20. The van der Waals surface area contributed by atoms with Crippen LogP contribution in [0.3, 0.4) is 0 Å². The molecule has 0 aliphatic rings. The van der Waals surface area contributed by atoms with E-state index in [1.54, 1.807) is 7.11 Å². The van der Waals surface area contributed by atoms with Gasteiger partial charge >= 0.3 is 0 Å². The molecule has 0 fully saturated rings. The number of methoxy groups -OCH3 is 1. The Kier molecular flexibility index (Phi) is 4.47. The standard InChI is InChI=1S/C21H16F2N2O2S/c1-10-9-12(7-8-15(10)27-3)16-11(2)28-21-18(16)20(26)24-19(25-21)17-13(22)5-4-6-14(17)23/h4-9H,1-3H3,(H,24,25,26). The number of benzene rings is 2. The molecule has 0 saturated heterocycles. The summed E-state index contributed by atoms with van der Waals surface area (Å²) < 4.78 is 33.5. The highest BCUT2D eigenvalue weighted by Crippen LogP contribution is 2.38. The lowest BCUT2D eigenvalue weighted by atomic mass is 10.0. The van der Waals surface area contributed by atoms with Gasteiger partial charge in [-0.05, 0) is 49.2 Å².